The first-order valence-electron chi connectivity index (χ1n) is 5.72. The summed E-state index contributed by atoms with van der Waals surface area (Å²) < 4.78 is 4.06. The molecule has 0 fully saturated rings. The minimum atomic E-state index is -0.0332. The van der Waals surface area contributed by atoms with Crippen molar-refractivity contribution < 1.29 is 0 Å². The second-order valence-corrected chi connectivity index (χ2v) is 5.11. The average Bonchev–Trinajstić information content (AvgIpc) is 2.78. The summed E-state index contributed by atoms with van der Waals surface area (Å²) in [5.41, 5.74) is -0.0332. The lowest BCUT2D eigenvalue weighted by Crippen LogP contribution is -2.27. The van der Waals surface area contributed by atoms with Gasteiger partial charge in [0.15, 0.2) is 0 Å². The predicted molar refractivity (Wildman–Crippen MR) is 75.4 cm³/mol. The molecule has 0 aliphatic carbocycles. The highest BCUT2D eigenvalue weighted by Gasteiger charge is 2.10. The highest BCUT2D eigenvalue weighted by molar-refractivity contribution is 14.1. The molecule has 0 aliphatic rings. The number of nitrogens with zero attached hydrogens (tertiary/aromatic N) is 5. The molecule has 0 bridgehead atoms. The van der Waals surface area contributed by atoms with Crippen molar-refractivity contribution in [3.8, 4) is 0 Å². The predicted octanol–water partition coefficient (Wildman–Crippen LogP) is 1.21. The first-order chi connectivity index (χ1) is 8.63. The molecule has 6 nitrogen and oxygen atoms in total. The second kappa shape index (κ2) is 5.59. The van der Waals surface area contributed by atoms with Crippen LogP contribution in [0.5, 0.6) is 0 Å². The van der Waals surface area contributed by atoms with Gasteiger partial charge in [0.2, 0.25) is 0 Å². The Labute approximate surface area is 118 Å². The molecule has 0 spiro atoms. The van der Waals surface area contributed by atoms with Gasteiger partial charge in [-0.2, -0.15) is 5.10 Å². The van der Waals surface area contributed by atoms with E-state index < -0.39 is 0 Å². The van der Waals surface area contributed by atoms with Crippen molar-refractivity contribution in [2.45, 2.75) is 33.4 Å². The summed E-state index contributed by atoms with van der Waals surface area (Å²) in [4.78, 5) is 20.4. The molecule has 2 aromatic heterocycles. The van der Waals surface area contributed by atoms with Crippen LogP contribution in [0.25, 0.3) is 0 Å². The van der Waals surface area contributed by atoms with Crippen LogP contribution in [0, 0.1) is 10.5 Å². The Kier molecular flexibility index (Phi) is 4.10. The van der Waals surface area contributed by atoms with E-state index in [4.69, 9.17) is 0 Å². The molecule has 0 N–H and O–H groups in total. The van der Waals surface area contributed by atoms with Crippen LogP contribution < -0.4 is 5.56 Å². The normalized spacial score (nSPS) is 10.8. The molecular formula is C11H14IN5O. The van der Waals surface area contributed by atoms with Crippen molar-refractivity contribution in [3.63, 3.8) is 0 Å². The molecular weight excluding hydrogens is 345 g/mol. The molecule has 0 saturated carbocycles. The van der Waals surface area contributed by atoms with Crippen LogP contribution >= 0.6 is 22.6 Å². The number of hydrogen-bond donors (Lipinski definition) is 0. The van der Waals surface area contributed by atoms with Crippen molar-refractivity contribution in [3.05, 3.63) is 38.1 Å². The molecule has 7 heteroatoms. The van der Waals surface area contributed by atoms with E-state index in [1.807, 2.05) is 34.2 Å². The van der Waals surface area contributed by atoms with Crippen molar-refractivity contribution in [2.75, 3.05) is 0 Å². The van der Waals surface area contributed by atoms with Gasteiger partial charge in [-0.05, 0) is 35.9 Å². The van der Waals surface area contributed by atoms with E-state index in [9.17, 15) is 4.79 Å². The van der Waals surface area contributed by atoms with Crippen molar-refractivity contribution in [1.82, 2.24) is 24.3 Å². The molecule has 0 radical (unpaired) electrons. The van der Waals surface area contributed by atoms with Gasteiger partial charge in [0, 0.05) is 12.7 Å². The zero-order chi connectivity index (χ0) is 13.1. The third kappa shape index (κ3) is 2.60. The Balaban J connectivity index is 2.37. The molecule has 0 saturated heterocycles. The standard InChI is InChI=1S/C11H14IN5O/c1-3-4-17-10(14-7-15-17)6-16-8(2)13-5-9(12)11(16)18/h5,7H,3-4,6H2,1-2H3. The van der Waals surface area contributed by atoms with Gasteiger partial charge in [0.05, 0.1) is 10.1 Å². The summed E-state index contributed by atoms with van der Waals surface area (Å²) in [6.45, 7) is 5.11. The summed E-state index contributed by atoms with van der Waals surface area (Å²) in [5.74, 6) is 1.47. The fourth-order valence-electron chi connectivity index (χ4n) is 1.69. The lowest BCUT2D eigenvalue weighted by atomic mass is 10.4. The topological polar surface area (TPSA) is 65.6 Å². The van der Waals surface area contributed by atoms with E-state index in [0.717, 1.165) is 18.8 Å². The molecule has 2 aromatic rings. The smallest absolute Gasteiger partial charge is 0.267 e. The monoisotopic (exact) mass is 359 g/mol. The Morgan fingerprint density at radius 3 is 2.89 bits per heavy atom. The quantitative estimate of drug-likeness (QED) is 0.770. The Hall–Kier alpha value is -1.25. The molecule has 2 heterocycles. The SMILES string of the molecule is CCCn1ncnc1Cn1c(C)ncc(I)c1=O. The van der Waals surface area contributed by atoms with Gasteiger partial charge in [-0.15, -0.1) is 0 Å². The van der Waals surface area contributed by atoms with E-state index in [2.05, 4.69) is 22.0 Å². The van der Waals surface area contributed by atoms with Crippen LogP contribution in [0.1, 0.15) is 25.0 Å². The van der Waals surface area contributed by atoms with Crippen LogP contribution in [-0.4, -0.2) is 24.3 Å². The fourth-order valence-corrected chi connectivity index (χ4v) is 2.12. The highest BCUT2D eigenvalue weighted by atomic mass is 127. The minimum absolute atomic E-state index is 0.0332. The summed E-state index contributed by atoms with van der Waals surface area (Å²) >= 11 is 1.99. The fraction of sp³-hybridized carbons (Fsp3) is 0.455. The third-order valence-corrected chi connectivity index (χ3v) is 3.38. The number of halogens is 1. The third-order valence-electron chi connectivity index (χ3n) is 2.64. The molecule has 96 valence electrons. The molecule has 2 rings (SSSR count). The lowest BCUT2D eigenvalue weighted by Gasteiger charge is -2.09. The van der Waals surface area contributed by atoms with Crippen molar-refractivity contribution in [2.24, 2.45) is 0 Å². The van der Waals surface area contributed by atoms with Gasteiger partial charge in [-0.1, -0.05) is 6.92 Å². The average molecular weight is 359 g/mol. The molecule has 0 aromatic carbocycles. The van der Waals surface area contributed by atoms with Crippen LogP contribution in [0.2, 0.25) is 0 Å². The van der Waals surface area contributed by atoms with E-state index >= 15 is 0 Å². The zero-order valence-corrected chi connectivity index (χ0v) is 12.5. The largest absolute Gasteiger partial charge is 0.288 e. The Morgan fingerprint density at radius 2 is 2.17 bits per heavy atom. The lowest BCUT2D eigenvalue weighted by molar-refractivity contribution is 0.543. The Morgan fingerprint density at radius 1 is 1.39 bits per heavy atom. The summed E-state index contributed by atoms with van der Waals surface area (Å²) in [6.07, 6.45) is 4.09. The van der Waals surface area contributed by atoms with Crippen LogP contribution in [0.3, 0.4) is 0 Å². The van der Waals surface area contributed by atoms with E-state index in [1.165, 1.54) is 6.33 Å². The summed E-state index contributed by atoms with van der Waals surface area (Å²) in [5, 5.41) is 4.15. The Bertz CT molecular complexity index is 604. The molecule has 18 heavy (non-hydrogen) atoms. The maximum Gasteiger partial charge on any atom is 0.267 e. The molecule has 0 aliphatic heterocycles. The first-order valence-corrected chi connectivity index (χ1v) is 6.80. The maximum atomic E-state index is 12.0. The molecule has 0 amide bonds. The van der Waals surface area contributed by atoms with Gasteiger partial charge < -0.3 is 0 Å². The maximum absolute atomic E-state index is 12.0. The number of aromatic nitrogens is 5. The van der Waals surface area contributed by atoms with Crippen molar-refractivity contribution in [1.29, 1.82) is 0 Å². The first kappa shape index (κ1) is 13.2. The minimum Gasteiger partial charge on any atom is -0.288 e. The van der Waals surface area contributed by atoms with E-state index in [0.29, 0.717) is 15.9 Å². The summed E-state index contributed by atoms with van der Waals surface area (Å²) in [7, 11) is 0. The van der Waals surface area contributed by atoms with Gasteiger partial charge in [-0.3, -0.25) is 9.36 Å². The van der Waals surface area contributed by atoms with E-state index in [-0.39, 0.29) is 5.56 Å². The van der Waals surface area contributed by atoms with Gasteiger partial charge in [0.25, 0.3) is 5.56 Å². The highest BCUT2D eigenvalue weighted by Crippen LogP contribution is 2.02. The van der Waals surface area contributed by atoms with Crippen LogP contribution in [0.4, 0.5) is 0 Å². The van der Waals surface area contributed by atoms with Crippen LogP contribution in [-0.2, 0) is 13.1 Å². The molecule has 0 unspecified atom stereocenters. The molecule has 0 atom stereocenters. The number of hydrogen-bond acceptors (Lipinski definition) is 4. The van der Waals surface area contributed by atoms with Crippen LogP contribution in [0.15, 0.2) is 17.3 Å². The second-order valence-electron chi connectivity index (χ2n) is 3.94. The zero-order valence-electron chi connectivity index (χ0n) is 10.3. The van der Waals surface area contributed by atoms with Gasteiger partial charge >= 0.3 is 0 Å². The van der Waals surface area contributed by atoms with E-state index in [1.54, 1.807) is 10.8 Å². The summed E-state index contributed by atoms with van der Waals surface area (Å²) in [6, 6.07) is 0. The van der Waals surface area contributed by atoms with Gasteiger partial charge in [0.1, 0.15) is 18.0 Å². The van der Waals surface area contributed by atoms with Crippen molar-refractivity contribution >= 4 is 22.6 Å². The van der Waals surface area contributed by atoms with Gasteiger partial charge in [-0.25, -0.2) is 14.6 Å². The number of aryl methyl sites for hydroxylation is 2. The number of rotatable bonds is 4.